The van der Waals surface area contributed by atoms with E-state index in [1.807, 2.05) is 0 Å². The van der Waals surface area contributed by atoms with Crippen LogP contribution < -0.4 is 5.32 Å². The van der Waals surface area contributed by atoms with Gasteiger partial charge >= 0.3 is 0 Å². The standard InChI is InChI=1S/C13H20N2O2S/c1-2-5-11-14-8-10(18-11)12(16)15-9-13(17)6-3-4-7-13/h8,17H,2-7,9H2,1H3,(H,15,16). The van der Waals surface area contributed by atoms with E-state index in [9.17, 15) is 9.90 Å². The Morgan fingerprint density at radius 2 is 2.28 bits per heavy atom. The maximum Gasteiger partial charge on any atom is 0.263 e. The van der Waals surface area contributed by atoms with Crippen molar-refractivity contribution in [1.82, 2.24) is 10.3 Å². The summed E-state index contributed by atoms with van der Waals surface area (Å²) in [6.45, 7) is 2.45. The first-order valence-electron chi connectivity index (χ1n) is 6.58. The van der Waals surface area contributed by atoms with E-state index in [4.69, 9.17) is 0 Å². The molecule has 1 aliphatic carbocycles. The van der Waals surface area contributed by atoms with Crippen LogP contribution in [0.15, 0.2) is 6.20 Å². The van der Waals surface area contributed by atoms with Crippen LogP contribution in [-0.4, -0.2) is 28.1 Å². The van der Waals surface area contributed by atoms with Gasteiger partial charge in [0.1, 0.15) is 4.88 Å². The third kappa shape index (κ3) is 3.29. The number of amides is 1. The molecule has 1 aromatic heterocycles. The summed E-state index contributed by atoms with van der Waals surface area (Å²) in [5.74, 6) is -0.116. The highest BCUT2D eigenvalue weighted by molar-refractivity contribution is 7.13. The van der Waals surface area contributed by atoms with Gasteiger partial charge in [-0.1, -0.05) is 19.8 Å². The van der Waals surface area contributed by atoms with Crippen LogP contribution in [0.1, 0.15) is 53.7 Å². The Morgan fingerprint density at radius 3 is 2.94 bits per heavy atom. The van der Waals surface area contributed by atoms with Crippen LogP contribution in [0.4, 0.5) is 0 Å². The second-order valence-corrected chi connectivity index (χ2v) is 6.10. The molecule has 1 saturated carbocycles. The number of aromatic nitrogens is 1. The van der Waals surface area contributed by atoms with Crippen molar-refractivity contribution in [3.8, 4) is 0 Å². The smallest absolute Gasteiger partial charge is 0.263 e. The third-order valence-electron chi connectivity index (χ3n) is 3.35. The van der Waals surface area contributed by atoms with Crippen molar-refractivity contribution in [2.45, 2.75) is 51.0 Å². The van der Waals surface area contributed by atoms with Gasteiger partial charge in [-0.25, -0.2) is 4.98 Å². The van der Waals surface area contributed by atoms with E-state index in [1.165, 1.54) is 11.3 Å². The number of thiazole rings is 1. The lowest BCUT2D eigenvalue weighted by molar-refractivity contribution is 0.0450. The van der Waals surface area contributed by atoms with E-state index < -0.39 is 5.60 Å². The molecule has 1 fully saturated rings. The predicted molar refractivity (Wildman–Crippen MR) is 71.9 cm³/mol. The van der Waals surface area contributed by atoms with Crippen molar-refractivity contribution in [2.24, 2.45) is 0 Å². The van der Waals surface area contributed by atoms with Crippen LogP contribution >= 0.6 is 11.3 Å². The van der Waals surface area contributed by atoms with E-state index in [0.29, 0.717) is 11.4 Å². The van der Waals surface area contributed by atoms with Gasteiger partial charge < -0.3 is 10.4 Å². The Balaban J connectivity index is 1.87. The zero-order chi connectivity index (χ0) is 13.0. The topological polar surface area (TPSA) is 62.2 Å². The minimum absolute atomic E-state index is 0.116. The summed E-state index contributed by atoms with van der Waals surface area (Å²) in [7, 11) is 0. The lowest BCUT2D eigenvalue weighted by Crippen LogP contribution is -2.40. The second-order valence-electron chi connectivity index (χ2n) is 4.98. The van der Waals surface area contributed by atoms with E-state index in [0.717, 1.165) is 43.5 Å². The molecule has 4 nitrogen and oxygen atoms in total. The Bertz CT molecular complexity index is 411. The Morgan fingerprint density at radius 1 is 1.56 bits per heavy atom. The van der Waals surface area contributed by atoms with Gasteiger partial charge in [0.25, 0.3) is 5.91 Å². The number of nitrogens with zero attached hydrogens (tertiary/aromatic N) is 1. The van der Waals surface area contributed by atoms with Gasteiger partial charge in [-0.3, -0.25) is 4.79 Å². The molecule has 0 saturated heterocycles. The molecular formula is C13H20N2O2S. The molecule has 18 heavy (non-hydrogen) atoms. The van der Waals surface area contributed by atoms with E-state index in [-0.39, 0.29) is 5.91 Å². The molecule has 0 bridgehead atoms. The van der Waals surface area contributed by atoms with Crippen molar-refractivity contribution in [3.63, 3.8) is 0 Å². The van der Waals surface area contributed by atoms with Crippen LogP contribution in [0, 0.1) is 0 Å². The fraction of sp³-hybridized carbons (Fsp3) is 0.692. The molecule has 0 radical (unpaired) electrons. The summed E-state index contributed by atoms with van der Waals surface area (Å²) in [4.78, 5) is 16.8. The maximum atomic E-state index is 11.9. The number of carbonyl (C=O) groups excluding carboxylic acids is 1. The van der Waals surface area contributed by atoms with E-state index in [1.54, 1.807) is 6.20 Å². The number of aryl methyl sites for hydroxylation is 1. The number of nitrogens with one attached hydrogen (secondary N) is 1. The molecule has 0 spiro atoms. The number of carbonyl (C=O) groups is 1. The van der Waals surface area contributed by atoms with Gasteiger partial charge in [0, 0.05) is 6.54 Å². The highest BCUT2D eigenvalue weighted by Gasteiger charge is 2.31. The van der Waals surface area contributed by atoms with Crippen LogP contribution in [0.2, 0.25) is 0 Å². The molecule has 1 amide bonds. The molecule has 1 heterocycles. The Kier molecular flexibility index (Phi) is 4.35. The van der Waals surface area contributed by atoms with E-state index >= 15 is 0 Å². The minimum Gasteiger partial charge on any atom is -0.388 e. The van der Waals surface area contributed by atoms with Crippen molar-refractivity contribution < 1.29 is 9.90 Å². The maximum absolute atomic E-state index is 11.9. The first-order chi connectivity index (χ1) is 8.63. The predicted octanol–water partition coefficient (Wildman–Crippen LogP) is 2.13. The van der Waals surface area contributed by atoms with Crippen molar-refractivity contribution in [3.05, 3.63) is 16.1 Å². The number of rotatable bonds is 5. The fourth-order valence-corrected chi connectivity index (χ4v) is 3.22. The zero-order valence-electron chi connectivity index (χ0n) is 10.7. The first kappa shape index (κ1) is 13.5. The summed E-state index contributed by atoms with van der Waals surface area (Å²) in [6, 6.07) is 0. The molecule has 0 aliphatic heterocycles. The molecule has 1 aliphatic rings. The van der Waals surface area contributed by atoms with Crippen LogP contribution in [0.5, 0.6) is 0 Å². The van der Waals surface area contributed by atoms with Gasteiger partial charge in [0.2, 0.25) is 0 Å². The Labute approximate surface area is 111 Å². The zero-order valence-corrected chi connectivity index (χ0v) is 11.6. The third-order valence-corrected chi connectivity index (χ3v) is 4.41. The van der Waals surface area contributed by atoms with Crippen LogP contribution in [0.25, 0.3) is 0 Å². The van der Waals surface area contributed by atoms with Gasteiger partial charge in [-0.05, 0) is 25.7 Å². The summed E-state index contributed by atoms with van der Waals surface area (Å²) >= 11 is 1.44. The molecule has 0 aromatic carbocycles. The number of aliphatic hydroxyl groups is 1. The molecule has 2 N–H and O–H groups in total. The second kappa shape index (κ2) is 5.80. The lowest BCUT2D eigenvalue weighted by atomic mass is 10.0. The van der Waals surface area contributed by atoms with Gasteiger partial charge in [-0.15, -0.1) is 11.3 Å². The molecule has 5 heteroatoms. The molecule has 0 unspecified atom stereocenters. The quantitative estimate of drug-likeness (QED) is 0.860. The molecular weight excluding hydrogens is 248 g/mol. The Hall–Kier alpha value is -0.940. The average molecular weight is 268 g/mol. The molecule has 0 atom stereocenters. The number of hydrogen-bond donors (Lipinski definition) is 2. The van der Waals surface area contributed by atoms with Gasteiger partial charge in [0.15, 0.2) is 0 Å². The first-order valence-corrected chi connectivity index (χ1v) is 7.40. The normalized spacial score (nSPS) is 17.9. The number of hydrogen-bond acceptors (Lipinski definition) is 4. The van der Waals surface area contributed by atoms with Crippen molar-refractivity contribution >= 4 is 17.2 Å². The lowest BCUT2D eigenvalue weighted by Gasteiger charge is -2.21. The van der Waals surface area contributed by atoms with Crippen molar-refractivity contribution in [2.75, 3.05) is 6.54 Å². The van der Waals surface area contributed by atoms with Gasteiger partial charge in [0.05, 0.1) is 16.8 Å². The van der Waals surface area contributed by atoms with Gasteiger partial charge in [-0.2, -0.15) is 0 Å². The molecule has 2 rings (SSSR count). The minimum atomic E-state index is -0.688. The van der Waals surface area contributed by atoms with Crippen LogP contribution in [0.3, 0.4) is 0 Å². The van der Waals surface area contributed by atoms with Crippen molar-refractivity contribution in [1.29, 1.82) is 0 Å². The average Bonchev–Trinajstić information content (AvgIpc) is 2.97. The van der Waals surface area contributed by atoms with Crippen LogP contribution in [-0.2, 0) is 6.42 Å². The monoisotopic (exact) mass is 268 g/mol. The fourth-order valence-electron chi connectivity index (χ4n) is 2.29. The highest BCUT2D eigenvalue weighted by Crippen LogP contribution is 2.28. The SMILES string of the molecule is CCCc1ncc(C(=O)NCC2(O)CCCC2)s1. The largest absolute Gasteiger partial charge is 0.388 e. The molecule has 1 aromatic rings. The summed E-state index contributed by atoms with van der Waals surface area (Å²) in [5.41, 5.74) is -0.688. The van der Waals surface area contributed by atoms with E-state index in [2.05, 4.69) is 17.2 Å². The summed E-state index contributed by atoms with van der Waals surface area (Å²) in [6.07, 6.45) is 7.26. The summed E-state index contributed by atoms with van der Waals surface area (Å²) in [5, 5.41) is 14.0. The highest BCUT2D eigenvalue weighted by atomic mass is 32.1. The molecule has 100 valence electrons. The summed E-state index contributed by atoms with van der Waals surface area (Å²) < 4.78 is 0.